The maximum absolute atomic E-state index is 12.7. The van der Waals surface area contributed by atoms with E-state index in [0.717, 1.165) is 17.7 Å². The molecule has 0 saturated heterocycles. The van der Waals surface area contributed by atoms with Crippen molar-refractivity contribution in [3.63, 3.8) is 0 Å². The fraction of sp³-hybridized carbons (Fsp3) is 0.263. The number of carbonyl (C=O) groups excluding carboxylic acids is 2. The van der Waals surface area contributed by atoms with Gasteiger partial charge in [-0.25, -0.2) is 0 Å². The lowest BCUT2D eigenvalue weighted by molar-refractivity contribution is -0.384. The average Bonchev–Trinajstić information content (AvgIpc) is 2.69. The lowest BCUT2D eigenvalue weighted by Crippen LogP contribution is -2.38. The molecule has 0 aliphatic heterocycles. The van der Waals surface area contributed by atoms with Crippen LogP contribution in [0.4, 0.5) is 24.5 Å². The third-order valence-corrected chi connectivity index (χ3v) is 4.01. The van der Waals surface area contributed by atoms with Gasteiger partial charge in [-0.3, -0.25) is 19.7 Å². The molecule has 0 radical (unpaired) electrons. The summed E-state index contributed by atoms with van der Waals surface area (Å²) in [5.41, 5.74) is -0.552. The Morgan fingerprint density at radius 2 is 1.70 bits per heavy atom. The number of hydrogen-bond acceptors (Lipinski definition) is 5. The number of rotatable bonds is 8. The van der Waals surface area contributed by atoms with E-state index in [0.29, 0.717) is 11.6 Å². The van der Waals surface area contributed by atoms with Gasteiger partial charge in [0.05, 0.1) is 17.0 Å². The Labute approximate surface area is 169 Å². The zero-order valence-electron chi connectivity index (χ0n) is 15.9. The number of nitrogens with one attached hydrogen (secondary N) is 3. The van der Waals surface area contributed by atoms with Gasteiger partial charge in [0.2, 0.25) is 5.91 Å². The van der Waals surface area contributed by atoms with E-state index in [1.54, 1.807) is 24.3 Å². The monoisotopic (exact) mass is 424 g/mol. The van der Waals surface area contributed by atoms with Gasteiger partial charge in [0.25, 0.3) is 11.6 Å². The number of nitro benzene ring substituents is 1. The van der Waals surface area contributed by atoms with Crippen molar-refractivity contribution in [2.45, 2.75) is 13.1 Å². The van der Waals surface area contributed by atoms with Crippen molar-refractivity contribution in [3.8, 4) is 0 Å². The van der Waals surface area contributed by atoms with Crippen LogP contribution in [-0.4, -0.2) is 36.4 Å². The Morgan fingerprint density at radius 3 is 2.30 bits per heavy atom. The number of hydrogen-bond donors (Lipinski definition) is 3. The zero-order chi connectivity index (χ0) is 22.3. The van der Waals surface area contributed by atoms with Crippen LogP contribution in [-0.2, 0) is 11.0 Å². The van der Waals surface area contributed by atoms with Crippen molar-refractivity contribution in [1.29, 1.82) is 0 Å². The van der Waals surface area contributed by atoms with Gasteiger partial charge in [-0.15, -0.1) is 0 Å². The van der Waals surface area contributed by atoms with Crippen molar-refractivity contribution in [2.24, 2.45) is 0 Å². The number of anilines is 1. The van der Waals surface area contributed by atoms with Crippen LogP contribution in [0.2, 0.25) is 0 Å². The molecule has 0 aliphatic carbocycles. The van der Waals surface area contributed by atoms with Gasteiger partial charge < -0.3 is 16.0 Å². The second kappa shape index (κ2) is 9.72. The number of carbonyl (C=O) groups is 2. The number of amides is 2. The first-order chi connectivity index (χ1) is 14.1. The Kier molecular flexibility index (Phi) is 7.34. The van der Waals surface area contributed by atoms with Crippen molar-refractivity contribution in [3.05, 3.63) is 69.3 Å². The Balaban J connectivity index is 1.80. The summed E-state index contributed by atoms with van der Waals surface area (Å²) in [6.07, 6.45) is -4.69. The van der Waals surface area contributed by atoms with Crippen LogP contribution >= 0.6 is 0 Å². The minimum Gasteiger partial charge on any atom is -0.378 e. The summed E-state index contributed by atoms with van der Waals surface area (Å²) in [4.78, 5) is 33.8. The lowest BCUT2D eigenvalue weighted by Gasteiger charge is -2.11. The van der Waals surface area contributed by atoms with E-state index in [1.807, 2.05) is 6.92 Å². The standard InChI is InChI=1S/C19H19F3N4O4/c1-12-2-4-13(5-3-12)18(28)25-11-17(27)24-9-8-23-15-7-6-14(19(20,21)22)10-16(15)26(29)30/h2-7,10,23H,8-9,11H2,1H3,(H,24,27)(H,25,28). The minimum absolute atomic E-state index is 0.0316. The molecule has 2 aromatic rings. The van der Waals surface area contributed by atoms with E-state index in [2.05, 4.69) is 16.0 Å². The highest BCUT2D eigenvalue weighted by Gasteiger charge is 2.33. The summed E-state index contributed by atoms with van der Waals surface area (Å²) < 4.78 is 38.1. The summed E-state index contributed by atoms with van der Waals surface area (Å²) in [6, 6.07) is 8.93. The van der Waals surface area contributed by atoms with Crippen LogP contribution in [0.25, 0.3) is 0 Å². The molecule has 0 heterocycles. The van der Waals surface area contributed by atoms with E-state index in [-0.39, 0.29) is 25.3 Å². The molecule has 2 amide bonds. The van der Waals surface area contributed by atoms with Crippen molar-refractivity contribution in [2.75, 3.05) is 25.0 Å². The number of aryl methyl sites for hydroxylation is 1. The van der Waals surface area contributed by atoms with Crippen LogP contribution in [0.15, 0.2) is 42.5 Å². The van der Waals surface area contributed by atoms with Gasteiger partial charge >= 0.3 is 6.18 Å². The topological polar surface area (TPSA) is 113 Å². The largest absolute Gasteiger partial charge is 0.416 e. The molecule has 0 spiro atoms. The van der Waals surface area contributed by atoms with Crippen LogP contribution in [0.3, 0.4) is 0 Å². The number of alkyl halides is 3. The highest BCUT2D eigenvalue weighted by Crippen LogP contribution is 2.34. The first-order valence-corrected chi connectivity index (χ1v) is 8.79. The van der Waals surface area contributed by atoms with Crippen LogP contribution in [0.5, 0.6) is 0 Å². The minimum atomic E-state index is -4.69. The predicted molar refractivity (Wildman–Crippen MR) is 103 cm³/mol. The highest BCUT2D eigenvalue weighted by molar-refractivity contribution is 5.96. The van der Waals surface area contributed by atoms with E-state index in [4.69, 9.17) is 0 Å². The molecule has 0 bridgehead atoms. The van der Waals surface area contributed by atoms with Gasteiger partial charge in [-0.1, -0.05) is 17.7 Å². The first kappa shape index (κ1) is 22.7. The highest BCUT2D eigenvalue weighted by atomic mass is 19.4. The second-order valence-electron chi connectivity index (χ2n) is 6.31. The molecule has 0 fully saturated rings. The van der Waals surface area contributed by atoms with Gasteiger partial charge in [-0.05, 0) is 31.2 Å². The summed E-state index contributed by atoms with van der Waals surface area (Å²) in [5, 5.41) is 18.6. The molecule has 3 N–H and O–H groups in total. The molecule has 160 valence electrons. The molecule has 0 aromatic heterocycles. The first-order valence-electron chi connectivity index (χ1n) is 8.79. The van der Waals surface area contributed by atoms with Crippen LogP contribution in [0, 0.1) is 17.0 Å². The van der Waals surface area contributed by atoms with Gasteiger partial charge in [-0.2, -0.15) is 13.2 Å². The molecule has 8 nitrogen and oxygen atoms in total. The summed E-state index contributed by atoms with van der Waals surface area (Å²) in [5.74, 6) is -0.900. The third kappa shape index (κ3) is 6.47. The average molecular weight is 424 g/mol. The number of nitrogens with zero attached hydrogens (tertiary/aromatic N) is 1. The van der Waals surface area contributed by atoms with Crippen molar-refractivity contribution >= 4 is 23.2 Å². The van der Waals surface area contributed by atoms with E-state index < -0.39 is 34.2 Å². The Bertz CT molecular complexity index is 930. The van der Waals surface area contributed by atoms with Gasteiger partial charge in [0, 0.05) is 24.7 Å². The summed E-state index contributed by atoms with van der Waals surface area (Å²) >= 11 is 0. The zero-order valence-corrected chi connectivity index (χ0v) is 15.9. The SMILES string of the molecule is Cc1ccc(C(=O)NCC(=O)NCCNc2ccc(C(F)(F)F)cc2[N+](=O)[O-])cc1. The summed E-state index contributed by atoms with van der Waals surface area (Å²) in [7, 11) is 0. The molecule has 0 atom stereocenters. The molecule has 2 rings (SSSR count). The van der Waals surface area contributed by atoms with Crippen LogP contribution in [0.1, 0.15) is 21.5 Å². The maximum Gasteiger partial charge on any atom is 0.416 e. The number of benzene rings is 2. The second-order valence-corrected chi connectivity index (χ2v) is 6.31. The molecule has 0 unspecified atom stereocenters. The molecular weight excluding hydrogens is 405 g/mol. The van der Waals surface area contributed by atoms with E-state index in [9.17, 15) is 32.9 Å². The Morgan fingerprint density at radius 1 is 1.03 bits per heavy atom. The molecule has 2 aromatic carbocycles. The number of nitro groups is 1. The number of halogens is 3. The quantitative estimate of drug-likeness (QED) is 0.343. The molecule has 0 saturated carbocycles. The molecule has 11 heteroatoms. The fourth-order valence-electron chi connectivity index (χ4n) is 2.44. The molecular formula is C19H19F3N4O4. The van der Waals surface area contributed by atoms with Gasteiger partial charge in [0.15, 0.2) is 0 Å². The Hall–Kier alpha value is -3.63. The normalized spacial score (nSPS) is 10.9. The summed E-state index contributed by atoms with van der Waals surface area (Å²) in [6.45, 7) is 1.68. The molecule has 30 heavy (non-hydrogen) atoms. The van der Waals surface area contributed by atoms with E-state index >= 15 is 0 Å². The van der Waals surface area contributed by atoms with Crippen molar-refractivity contribution in [1.82, 2.24) is 10.6 Å². The fourth-order valence-corrected chi connectivity index (χ4v) is 2.44. The van der Waals surface area contributed by atoms with E-state index in [1.165, 1.54) is 0 Å². The predicted octanol–water partition coefficient (Wildman–Crippen LogP) is 2.88. The lowest BCUT2D eigenvalue weighted by atomic mass is 10.1. The third-order valence-electron chi connectivity index (χ3n) is 4.01. The van der Waals surface area contributed by atoms with Crippen molar-refractivity contribution < 1.29 is 27.7 Å². The molecule has 0 aliphatic rings. The smallest absolute Gasteiger partial charge is 0.378 e. The maximum atomic E-state index is 12.7. The van der Waals surface area contributed by atoms with Crippen LogP contribution < -0.4 is 16.0 Å². The van der Waals surface area contributed by atoms with Gasteiger partial charge in [0.1, 0.15) is 5.69 Å².